The van der Waals surface area contributed by atoms with E-state index in [2.05, 4.69) is 0 Å². The van der Waals surface area contributed by atoms with Gasteiger partial charge in [0.1, 0.15) is 30.1 Å². The molecule has 0 saturated carbocycles. The Balaban J connectivity index is 2.77. The highest BCUT2D eigenvalue weighted by molar-refractivity contribution is 6.31. The predicted molar refractivity (Wildman–Crippen MR) is 54.8 cm³/mol. The van der Waals surface area contributed by atoms with E-state index in [0.29, 0.717) is 10.8 Å². The number of benzene rings is 1. The molecule has 1 rings (SSSR count). The molecule has 0 heterocycles. The van der Waals surface area contributed by atoms with Crippen LogP contribution >= 0.6 is 11.6 Å². The molecule has 0 aromatic heterocycles. The summed E-state index contributed by atoms with van der Waals surface area (Å²) < 4.78 is 5.14. The van der Waals surface area contributed by atoms with Gasteiger partial charge in [0.25, 0.3) is 0 Å². The van der Waals surface area contributed by atoms with Crippen molar-refractivity contribution in [1.82, 2.24) is 0 Å². The summed E-state index contributed by atoms with van der Waals surface area (Å²) in [5.41, 5.74) is 0.226. The minimum absolute atomic E-state index is 0.0779. The number of halogens is 1. The standard InChI is InChI=1S/C10H10ClNO3/c11-9-2-1-3-10(8(9)4-12)15-6-7(14)5-13/h1-3,7,13-14H,5-6H2. The Morgan fingerprint density at radius 2 is 2.27 bits per heavy atom. The van der Waals surface area contributed by atoms with Gasteiger partial charge in [-0.25, -0.2) is 0 Å². The first-order valence-corrected chi connectivity index (χ1v) is 4.67. The van der Waals surface area contributed by atoms with Crippen molar-refractivity contribution in [3.8, 4) is 11.8 Å². The number of hydrogen-bond acceptors (Lipinski definition) is 4. The Morgan fingerprint density at radius 1 is 1.53 bits per heavy atom. The molecule has 15 heavy (non-hydrogen) atoms. The van der Waals surface area contributed by atoms with Gasteiger partial charge in [0, 0.05) is 0 Å². The van der Waals surface area contributed by atoms with Crippen LogP contribution in [0.1, 0.15) is 5.56 Å². The number of hydrogen-bond donors (Lipinski definition) is 2. The molecule has 1 unspecified atom stereocenters. The first-order chi connectivity index (χ1) is 7.19. The summed E-state index contributed by atoms with van der Waals surface area (Å²) in [6, 6.07) is 6.70. The van der Waals surface area contributed by atoms with Crippen LogP contribution in [0.2, 0.25) is 5.02 Å². The zero-order valence-corrected chi connectivity index (χ0v) is 8.61. The number of nitrogens with zero attached hydrogens (tertiary/aromatic N) is 1. The van der Waals surface area contributed by atoms with Crippen molar-refractivity contribution >= 4 is 11.6 Å². The molecule has 0 bridgehead atoms. The number of rotatable bonds is 4. The van der Waals surface area contributed by atoms with E-state index in [1.54, 1.807) is 18.2 Å². The van der Waals surface area contributed by atoms with Crippen LogP contribution in [-0.2, 0) is 0 Å². The van der Waals surface area contributed by atoms with Gasteiger partial charge in [-0.2, -0.15) is 5.26 Å². The second kappa shape index (κ2) is 5.56. The lowest BCUT2D eigenvalue weighted by molar-refractivity contribution is 0.0535. The maximum Gasteiger partial charge on any atom is 0.138 e. The third-order valence-corrected chi connectivity index (χ3v) is 2.04. The lowest BCUT2D eigenvalue weighted by Crippen LogP contribution is -2.21. The minimum atomic E-state index is -0.962. The second-order valence-corrected chi connectivity index (χ2v) is 3.28. The van der Waals surface area contributed by atoms with Gasteiger partial charge in [-0.3, -0.25) is 0 Å². The van der Waals surface area contributed by atoms with Crippen LogP contribution in [0, 0.1) is 11.3 Å². The van der Waals surface area contributed by atoms with Gasteiger partial charge in [-0.15, -0.1) is 0 Å². The Bertz CT molecular complexity index is 375. The largest absolute Gasteiger partial charge is 0.489 e. The van der Waals surface area contributed by atoms with Gasteiger partial charge in [-0.1, -0.05) is 17.7 Å². The number of nitriles is 1. The molecule has 1 aromatic carbocycles. The average Bonchev–Trinajstić information content (AvgIpc) is 2.25. The van der Waals surface area contributed by atoms with Crippen molar-refractivity contribution < 1.29 is 14.9 Å². The first-order valence-electron chi connectivity index (χ1n) is 4.29. The highest BCUT2D eigenvalue weighted by Crippen LogP contribution is 2.25. The van der Waals surface area contributed by atoms with Crippen LogP contribution in [0.5, 0.6) is 5.75 Å². The van der Waals surface area contributed by atoms with Crippen LogP contribution in [0.4, 0.5) is 0 Å². The fourth-order valence-electron chi connectivity index (χ4n) is 0.972. The van der Waals surface area contributed by atoms with Crippen LogP contribution in [-0.4, -0.2) is 29.5 Å². The summed E-state index contributed by atoms with van der Waals surface area (Å²) >= 11 is 5.76. The molecule has 2 N–H and O–H groups in total. The van der Waals surface area contributed by atoms with E-state index in [4.69, 9.17) is 31.8 Å². The molecule has 0 saturated heterocycles. The molecule has 80 valence electrons. The zero-order chi connectivity index (χ0) is 11.3. The molecule has 0 aliphatic heterocycles. The molecule has 0 spiro atoms. The van der Waals surface area contributed by atoms with E-state index in [0.717, 1.165) is 0 Å². The highest BCUT2D eigenvalue weighted by Gasteiger charge is 2.09. The minimum Gasteiger partial charge on any atom is -0.489 e. The Morgan fingerprint density at radius 3 is 2.87 bits per heavy atom. The number of aliphatic hydroxyl groups is 2. The molecule has 1 aromatic rings. The zero-order valence-electron chi connectivity index (χ0n) is 7.85. The lowest BCUT2D eigenvalue weighted by atomic mass is 10.2. The fraction of sp³-hybridized carbons (Fsp3) is 0.300. The van der Waals surface area contributed by atoms with Gasteiger partial charge in [0.2, 0.25) is 0 Å². The summed E-state index contributed by atoms with van der Waals surface area (Å²) in [5.74, 6) is 0.303. The quantitative estimate of drug-likeness (QED) is 0.803. The highest BCUT2D eigenvalue weighted by atomic mass is 35.5. The Hall–Kier alpha value is -1.28. The van der Waals surface area contributed by atoms with Crippen molar-refractivity contribution in [2.45, 2.75) is 6.10 Å². The van der Waals surface area contributed by atoms with Crippen molar-refractivity contribution in [3.05, 3.63) is 28.8 Å². The van der Waals surface area contributed by atoms with Crippen LogP contribution in [0.15, 0.2) is 18.2 Å². The van der Waals surface area contributed by atoms with Gasteiger partial charge < -0.3 is 14.9 Å². The van der Waals surface area contributed by atoms with Crippen LogP contribution in [0.25, 0.3) is 0 Å². The summed E-state index contributed by atoms with van der Waals surface area (Å²) in [6.45, 7) is -0.464. The molecular formula is C10H10ClNO3. The molecule has 0 amide bonds. The van der Waals surface area contributed by atoms with E-state index >= 15 is 0 Å². The normalized spacial score (nSPS) is 11.9. The Kier molecular flexibility index (Phi) is 4.37. The van der Waals surface area contributed by atoms with Crippen LogP contribution < -0.4 is 4.74 Å². The SMILES string of the molecule is N#Cc1c(Cl)cccc1OCC(O)CO. The molecular weight excluding hydrogens is 218 g/mol. The molecule has 0 fully saturated rings. The molecule has 0 aliphatic carbocycles. The molecule has 0 aliphatic rings. The first kappa shape index (κ1) is 11.8. The fourth-order valence-corrected chi connectivity index (χ4v) is 1.18. The molecule has 4 nitrogen and oxygen atoms in total. The summed E-state index contributed by atoms with van der Waals surface area (Å²) in [7, 11) is 0. The molecule has 0 radical (unpaired) electrons. The van der Waals surface area contributed by atoms with Gasteiger partial charge in [0.05, 0.1) is 11.6 Å². The predicted octanol–water partition coefficient (Wildman–Crippen LogP) is 0.944. The van der Waals surface area contributed by atoms with Crippen molar-refractivity contribution in [3.63, 3.8) is 0 Å². The third kappa shape index (κ3) is 3.10. The second-order valence-electron chi connectivity index (χ2n) is 2.87. The van der Waals surface area contributed by atoms with E-state index in [1.165, 1.54) is 0 Å². The van der Waals surface area contributed by atoms with Gasteiger partial charge >= 0.3 is 0 Å². The molecule has 1 atom stereocenters. The van der Waals surface area contributed by atoms with Gasteiger partial charge in [0.15, 0.2) is 0 Å². The van der Waals surface area contributed by atoms with E-state index in [9.17, 15) is 0 Å². The summed E-state index contributed by atoms with van der Waals surface area (Å²) in [6.07, 6.45) is -0.962. The smallest absolute Gasteiger partial charge is 0.138 e. The van der Waals surface area contributed by atoms with Crippen molar-refractivity contribution in [1.29, 1.82) is 5.26 Å². The number of aliphatic hydroxyl groups excluding tert-OH is 2. The van der Waals surface area contributed by atoms with Gasteiger partial charge in [-0.05, 0) is 12.1 Å². The summed E-state index contributed by atoms with van der Waals surface area (Å²) in [4.78, 5) is 0. The van der Waals surface area contributed by atoms with Crippen molar-refractivity contribution in [2.24, 2.45) is 0 Å². The van der Waals surface area contributed by atoms with Crippen LogP contribution in [0.3, 0.4) is 0 Å². The maximum absolute atomic E-state index is 9.06. The Labute approximate surface area is 92.3 Å². The third-order valence-electron chi connectivity index (χ3n) is 1.73. The van der Waals surface area contributed by atoms with Crippen molar-refractivity contribution in [2.75, 3.05) is 13.2 Å². The van der Waals surface area contributed by atoms with E-state index < -0.39 is 6.10 Å². The molecule has 5 heteroatoms. The monoisotopic (exact) mass is 227 g/mol. The average molecular weight is 228 g/mol. The summed E-state index contributed by atoms with van der Waals surface area (Å²) in [5, 5.41) is 26.7. The van der Waals surface area contributed by atoms with E-state index in [1.807, 2.05) is 6.07 Å². The lowest BCUT2D eigenvalue weighted by Gasteiger charge is -2.11. The number of ether oxygens (including phenoxy) is 1. The van der Waals surface area contributed by atoms with E-state index in [-0.39, 0.29) is 18.8 Å². The topological polar surface area (TPSA) is 73.5 Å². The maximum atomic E-state index is 9.06.